The summed E-state index contributed by atoms with van der Waals surface area (Å²) in [4.78, 5) is 4.45. The summed E-state index contributed by atoms with van der Waals surface area (Å²) >= 11 is 0. The van der Waals surface area contributed by atoms with Crippen LogP contribution in [-0.4, -0.2) is 37.6 Å². The number of anilines is 1. The largest absolute Gasteiger partial charge is 0.372 e. The summed E-state index contributed by atoms with van der Waals surface area (Å²) in [5, 5.41) is 9.08. The Balaban J connectivity index is 2.14. The predicted octanol–water partition coefficient (Wildman–Crippen LogP) is 2.62. The zero-order chi connectivity index (χ0) is 13.8. The van der Waals surface area contributed by atoms with Crippen LogP contribution in [0.1, 0.15) is 25.3 Å². The number of likely N-dealkylation sites (tertiary alicyclic amines) is 1. The van der Waals surface area contributed by atoms with Crippen molar-refractivity contribution in [1.82, 2.24) is 4.90 Å². The van der Waals surface area contributed by atoms with Crippen LogP contribution in [0.25, 0.3) is 0 Å². The third-order valence-electron chi connectivity index (χ3n) is 3.90. The lowest BCUT2D eigenvalue weighted by Crippen LogP contribution is -2.39. The fourth-order valence-electron chi connectivity index (χ4n) is 2.87. The molecule has 0 radical (unpaired) electrons. The van der Waals surface area contributed by atoms with Gasteiger partial charge in [-0.05, 0) is 38.1 Å². The number of hydrogen-bond acceptors (Lipinski definition) is 3. The van der Waals surface area contributed by atoms with Gasteiger partial charge in [-0.2, -0.15) is 5.26 Å². The van der Waals surface area contributed by atoms with E-state index in [0.717, 1.165) is 19.6 Å². The van der Waals surface area contributed by atoms with Crippen molar-refractivity contribution in [2.45, 2.75) is 25.8 Å². The van der Waals surface area contributed by atoms with E-state index in [0.29, 0.717) is 11.7 Å². The predicted molar refractivity (Wildman–Crippen MR) is 74.7 cm³/mol. The molecule has 1 aliphatic rings. The Labute approximate surface area is 114 Å². The van der Waals surface area contributed by atoms with Crippen LogP contribution >= 0.6 is 0 Å². The summed E-state index contributed by atoms with van der Waals surface area (Å²) < 4.78 is 13.6. The van der Waals surface area contributed by atoms with Gasteiger partial charge in [-0.3, -0.25) is 4.90 Å². The van der Waals surface area contributed by atoms with E-state index >= 15 is 0 Å². The molecule has 19 heavy (non-hydrogen) atoms. The lowest BCUT2D eigenvalue weighted by Gasteiger charge is -2.29. The Kier molecular flexibility index (Phi) is 4.39. The maximum absolute atomic E-state index is 13.6. The zero-order valence-corrected chi connectivity index (χ0v) is 11.6. The van der Waals surface area contributed by atoms with E-state index in [2.05, 4.69) is 11.8 Å². The van der Waals surface area contributed by atoms with Crippen LogP contribution in [-0.2, 0) is 0 Å². The van der Waals surface area contributed by atoms with Crippen molar-refractivity contribution in [3.63, 3.8) is 0 Å². The minimum absolute atomic E-state index is 0.144. The molecule has 0 N–H and O–H groups in total. The highest BCUT2D eigenvalue weighted by molar-refractivity contribution is 5.59. The number of nitrogens with zero attached hydrogens (tertiary/aromatic N) is 3. The van der Waals surface area contributed by atoms with E-state index in [9.17, 15) is 4.39 Å². The molecule has 0 saturated carbocycles. The van der Waals surface area contributed by atoms with Gasteiger partial charge in [0.1, 0.15) is 17.4 Å². The molecular weight excluding hydrogens is 241 g/mol. The van der Waals surface area contributed by atoms with E-state index in [1.165, 1.54) is 18.9 Å². The molecule has 0 bridgehead atoms. The number of halogens is 1. The van der Waals surface area contributed by atoms with Crippen LogP contribution in [0.15, 0.2) is 18.2 Å². The molecule has 1 heterocycles. The van der Waals surface area contributed by atoms with Crippen LogP contribution in [0.3, 0.4) is 0 Å². The third kappa shape index (κ3) is 2.87. The summed E-state index contributed by atoms with van der Waals surface area (Å²) in [7, 11) is 1.93. The molecule has 1 atom stereocenters. The van der Waals surface area contributed by atoms with Gasteiger partial charge >= 0.3 is 0 Å². The summed E-state index contributed by atoms with van der Waals surface area (Å²) in [6.07, 6.45) is 2.40. The summed E-state index contributed by atoms with van der Waals surface area (Å²) in [6.45, 7) is 5.20. The first-order chi connectivity index (χ1) is 9.17. The van der Waals surface area contributed by atoms with Crippen LogP contribution in [0, 0.1) is 17.1 Å². The van der Waals surface area contributed by atoms with Crippen molar-refractivity contribution in [2.75, 3.05) is 31.6 Å². The molecule has 4 heteroatoms. The second-order valence-corrected chi connectivity index (χ2v) is 5.05. The maximum Gasteiger partial charge on any atom is 0.143 e. The number of likely N-dealkylation sites (N-methyl/N-ethyl adjacent to an activating group) is 2. The average molecular weight is 261 g/mol. The molecule has 3 nitrogen and oxygen atoms in total. The standard InChI is InChI=1S/C15H20FN3/c1-3-19-9-5-6-12(19)11-18(2)15-8-4-7-14(16)13(15)10-17/h4,7-8,12H,3,5-6,9,11H2,1-2H3. The van der Waals surface area contributed by atoms with Crippen molar-refractivity contribution < 1.29 is 4.39 Å². The average Bonchev–Trinajstić information content (AvgIpc) is 2.85. The van der Waals surface area contributed by atoms with Crippen LogP contribution in [0.4, 0.5) is 10.1 Å². The van der Waals surface area contributed by atoms with E-state index < -0.39 is 5.82 Å². The first kappa shape index (κ1) is 13.8. The third-order valence-corrected chi connectivity index (χ3v) is 3.90. The molecule has 0 aliphatic carbocycles. The molecule has 0 aromatic heterocycles. The highest BCUT2D eigenvalue weighted by atomic mass is 19.1. The number of nitriles is 1. The summed E-state index contributed by atoms with van der Waals surface area (Å²) in [5.41, 5.74) is 0.830. The summed E-state index contributed by atoms with van der Waals surface area (Å²) in [6, 6.07) is 7.28. The lowest BCUT2D eigenvalue weighted by atomic mass is 10.1. The first-order valence-corrected chi connectivity index (χ1v) is 6.81. The van der Waals surface area contributed by atoms with Crippen LogP contribution in [0.2, 0.25) is 0 Å². The van der Waals surface area contributed by atoms with E-state index in [-0.39, 0.29) is 5.56 Å². The van der Waals surface area contributed by atoms with Gasteiger partial charge in [0.15, 0.2) is 0 Å². The van der Waals surface area contributed by atoms with Crippen molar-refractivity contribution >= 4 is 5.69 Å². The Bertz CT molecular complexity index is 481. The van der Waals surface area contributed by atoms with Gasteiger partial charge in [-0.1, -0.05) is 13.0 Å². The first-order valence-electron chi connectivity index (χ1n) is 6.81. The molecule has 0 spiro atoms. The molecule has 1 aromatic rings. The Morgan fingerprint density at radius 1 is 1.53 bits per heavy atom. The quantitative estimate of drug-likeness (QED) is 0.834. The number of rotatable bonds is 4. The van der Waals surface area contributed by atoms with E-state index in [1.807, 2.05) is 24.1 Å². The molecular formula is C15H20FN3. The normalized spacial score (nSPS) is 19.4. The molecule has 1 unspecified atom stereocenters. The second kappa shape index (κ2) is 6.03. The topological polar surface area (TPSA) is 30.3 Å². The molecule has 1 aliphatic heterocycles. The number of hydrogen-bond donors (Lipinski definition) is 0. The van der Waals surface area contributed by atoms with Gasteiger partial charge in [0, 0.05) is 19.6 Å². The molecule has 1 aromatic carbocycles. The SMILES string of the molecule is CCN1CCCC1CN(C)c1cccc(F)c1C#N. The summed E-state index contributed by atoms with van der Waals surface area (Å²) in [5.74, 6) is -0.439. The van der Waals surface area contributed by atoms with Gasteiger partial charge < -0.3 is 4.90 Å². The van der Waals surface area contributed by atoms with Gasteiger partial charge in [0.05, 0.1) is 5.69 Å². The molecule has 1 fully saturated rings. The monoisotopic (exact) mass is 261 g/mol. The van der Waals surface area contributed by atoms with Gasteiger partial charge in [-0.15, -0.1) is 0 Å². The van der Waals surface area contributed by atoms with Gasteiger partial charge in [-0.25, -0.2) is 4.39 Å². The highest BCUT2D eigenvalue weighted by Gasteiger charge is 2.25. The lowest BCUT2D eigenvalue weighted by molar-refractivity contribution is 0.270. The minimum Gasteiger partial charge on any atom is -0.372 e. The van der Waals surface area contributed by atoms with Crippen molar-refractivity contribution in [3.05, 3.63) is 29.6 Å². The van der Waals surface area contributed by atoms with Crippen molar-refractivity contribution in [1.29, 1.82) is 5.26 Å². The van der Waals surface area contributed by atoms with E-state index in [4.69, 9.17) is 5.26 Å². The fourth-order valence-corrected chi connectivity index (χ4v) is 2.87. The molecule has 1 saturated heterocycles. The smallest absolute Gasteiger partial charge is 0.143 e. The Hall–Kier alpha value is -1.60. The Morgan fingerprint density at radius 2 is 2.32 bits per heavy atom. The Morgan fingerprint density at radius 3 is 3.00 bits per heavy atom. The maximum atomic E-state index is 13.6. The molecule has 0 amide bonds. The van der Waals surface area contributed by atoms with Crippen LogP contribution < -0.4 is 4.90 Å². The minimum atomic E-state index is -0.439. The van der Waals surface area contributed by atoms with Crippen molar-refractivity contribution in [3.8, 4) is 6.07 Å². The fraction of sp³-hybridized carbons (Fsp3) is 0.533. The zero-order valence-electron chi connectivity index (χ0n) is 11.6. The number of benzene rings is 1. The molecule has 102 valence electrons. The second-order valence-electron chi connectivity index (χ2n) is 5.05. The van der Waals surface area contributed by atoms with Gasteiger partial charge in [0.2, 0.25) is 0 Å². The highest BCUT2D eigenvalue weighted by Crippen LogP contribution is 2.24. The van der Waals surface area contributed by atoms with Crippen LogP contribution in [0.5, 0.6) is 0 Å². The van der Waals surface area contributed by atoms with Gasteiger partial charge in [0.25, 0.3) is 0 Å². The van der Waals surface area contributed by atoms with Crippen molar-refractivity contribution in [2.24, 2.45) is 0 Å². The van der Waals surface area contributed by atoms with E-state index in [1.54, 1.807) is 6.07 Å². The molecule has 2 rings (SSSR count).